The largest absolute Gasteiger partial charge is 0.457 e. The maximum Gasteiger partial charge on any atom is 0.129 e. The smallest absolute Gasteiger partial charge is 0.129 e. The van der Waals surface area contributed by atoms with Crippen LogP contribution in [0.4, 0.5) is 17.2 Å². The molecule has 4 heteroatoms. The van der Waals surface area contributed by atoms with Gasteiger partial charge in [0, 0.05) is 11.8 Å². The average molecular weight is 277 g/mol. The molecule has 2 aromatic carbocycles. The van der Waals surface area contributed by atoms with Gasteiger partial charge in [0.25, 0.3) is 0 Å². The van der Waals surface area contributed by atoms with Crippen LogP contribution in [-0.4, -0.2) is 4.98 Å². The molecule has 0 fully saturated rings. The van der Waals surface area contributed by atoms with Crippen molar-refractivity contribution in [1.29, 1.82) is 0 Å². The molecule has 0 bridgehead atoms. The molecule has 104 valence electrons. The number of pyridine rings is 1. The Morgan fingerprint density at radius 1 is 0.810 bits per heavy atom. The molecule has 1 heterocycles. The fraction of sp³-hybridized carbons (Fsp3) is 0. The minimum absolute atomic E-state index is 0.502. The standard InChI is InChI=1S/C17H15N3O/c18-17-10-9-14(12-19-17)20-13-5-4-8-16(11-13)21-15-6-2-1-3-7-15/h1-12,20H,(H2,18,19). The van der Waals surface area contributed by atoms with Crippen LogP contribution in [0.2, 0.25) is 0 Å². The Kier molecular flexibility index (Phi) is 3.69. The van der Waals surface area contributed by atoms with Crippen LogP contribution in [-0.2, 0) is 0 Å². The fourth-order valence-electron chi connectivity index (χ4n) is 1.91. The lowest BCUT2D eigenvalue weighted by atomic mass is 10.3. The van der Waals surface area contributed by atoms with Crippen molar-refractivity contribution < 1.29 is 4.74 Å². The van der Waals surface area contributed by atoms with E-state index in [1.54, 1.807) is 12.3 Å². The Morgan fingerprint density at radius 2 is 1.62 bits per heavy atom. The SMILES string of the molecule is Nc1ccc(Nc2cccc(Oc3ccccc3)c2)cn1. The Bertz CT molecular complexity index is 712. The van der Waals surface area contributed by atoms with Gasteiger partial charge in [0.15, 0.2) is 0 Å². The van der Waals surface area contributed by atoms with Crippen molar-refractivity contribution in [3.63, 3.8) is 0 Å². The van der Waals surface area contributed by atoms with Gasteiger partial charge in [-0.1, -0.05) is 24.3 Å². The maximum absolute atomic E-state index is 5.80. The molecular weight excluding hydrogens is 262 g/mol. The zero-order chi connectivity index (χ0) is 14.5. The molecule has 3 N–H and O–H groups in total. The van der Waals surface area contributed by atoms with E-state index >= 15 is 0 Å². The highest BCUT2D eigenvalue weighted by atomic mass is 16.5. The summed E-state index contributed by atoms with van der Waals surface area (Å²) in [6.07, 6.45) is 1.69. The van der Waals surface area contributed by atoms with Crippen LogP contribution in [0, 0.1) is 0 Å². The molecule has 4 nitrogen and oxygen atoms in total. The van der Waals surface area contributed by atoms with E-state index in [1.807, 2.05) is 60.7 Å². The van der Waals surface area contributed by atoms with E-state index < -0.39 is 0 Å². The summed E-state index contributed by atoms with van der Waals surface area (Å²) < 4.78 is 5.80. The number of anilines is 3. The molecule has 0 saturated carbocycles. The maximum atomic E-state index is 5.80. The molecule has 0 amide bonds. The van der Waals surface area contributed by atoms with Crippen LogP contribution >= 0.6 is 0 Å². The molecule has 0 atom stereocenters. The minimum Gasteiger partial charge on any atom is -0.457 e. The Hall–Kier alpha value is -3.01. The van der Waals surface area contributed by atoms with Gasteiger partial charge in [-0.3, -0.25) is 0 Å². The molecule has 0 aliphatic rings. The topological polar surface area (TPSA) is 60.2 Å². The second-order valence-corrected chi connectivity index (χ2v) is 4.54. The van der Waals surface area contributed by atoms with Crippen molar-refractivity contribution in [2.45, 2.75) is 0 Å². The normalized spacial score (nSPS) is 10.1. The number of ether oxygens (including phenoxy) is 1. The van der Waals surface area contributed by atoms with E-state index in [9.17, 15) is 0 Å². The lowest BCUT2D eigenvalue weighted by molar-refractivity contribution is 0.483. The number of rotatable bonds is 4. The predicted molar refractivity (Wildman–Crippen MR) is 84.9 cm³/mol. The summed E-state index contributed by atoms with van der Waals surface area (Å²) in [5, 5.41) is 3.26. The van der Waals surface area contributed by atoms with E-state index in [2.05, 4.69) is 10.3 Å². The van der Waals surface area contributed by atoms with Gasteiger partial charge in [0.05, 0.1) is 11.9 Å². The third-order valence-electron chi connectivity index (χ3n) is 2.89. The summed E-state index contributed by atoms with van der Waals surface area (Å²) in [7, 11) is 0. The summed E-state index contributed by atoms with van der Waals surface area (Å²) in [5.41, 5.74) is 7.37. The van der Waals surface area contributed by atoms with Crippen molar-refractivity contribution in [3.8, 4) is 11.5 Å². The van der Waals surface area contributed by atoms with Gasteiger partial charge in [-0.15, -0.1) is 0 Å². The van der Waals surface area contributed by atoms with E-state index in [0.717, 1.165) is 22.9 Å². The highest BCUT2D eigenvalue weighted by Crippen LogP contribution is 2.25. The summed E-state index contributed by atoms with van der Waals surface area (Å²) in [5.74, 6) is 2.08. The van der Waals surface area contributed by atoms with Crippen LogP contribution in [0.25, 0.3) is 0 Å². The zero-order valence-corrected chi connectivity index (χ0v) is 11.4. The lowest BCUT2D eigenvalue weighted by Crippen LogP contribution is -1.94. The molecule has 0 unspecified atom stereocenters. The molecule has 1 aromatic heterocycles. The minimum atomic E-state index is 0.502. The third kappa shape index (κ3) is 3.51. The van der Waals surface area contributed by atoms with Crippen molar-refractivity contribution in [1.82, 2.24) is 4.98 Å². The highest BCUT2D eigenvalue weighted by molar-refractivity contribution is 5.61. The van der Waals surface area contributed by atoms with E-state index in [0.29, 0.717) is 5.82 Å². The number of hydrogen-bond donors (Lipinski definition) is 2. The predicted octanol–water partition coefficient (Wildman–Crippen LogP) is 4.20. The average Bonchev–Trinajstić information content (AvgIpc) is 2.51. The highest BCUT2D eigenvalue weighted by Gasteiger charge is 2.00. The van der Waals surface area contributed by atoms with Gasteiger partial charge in [-0.2, -0.15) is 0 Å². The van der Waals surface area contributed by atoms with Crippen molar-refractivity contribution >= 4 is 17.2 Å². The van der Waals surface area contributed by atoms with Crippen LogP contribution in [0.1, 0.15) is 0 Å². The number of para-hydroxylation sites is 1. The second kappa shape index (κ2) is 5.96. The molecule has 0 saturated heterocycles. The van der Waals surface area contributed by atoms with Crippen LogP contribution in [0.5, 0.6) is 11.5 Å². The Morgan fingerprint density at radius 3 is 2.38 bits per heavy atom. The lowest BCUT2D eigenvalue weighted by Gasteiger charge is -2.09. The number of aromatic nitrogens is 1. The zero-order valence-electron chi connectivity index (χ0n) is 11.4. The van der Waals surface area contributed by atoms with Crippen LogP contribution in [0.3, 0.4) is 0 Å². The van der Waals surface area contributed by atoms with Gasteiger partial charge in [0.1, 0.15) is 17.3 Å². The van der Waals surface area contributed by atoms with E-state index in [-0.39, 0.29) is 0 Å². The first-order valence-electron chi connectivity index (χ1n) is 6.61. The van der Waals surface area contributed by atoms with Crippen LogP contribution in [0.15, 0.2) is 72.9 Å². The van der Waals surface area contributed by atoms with Gasteiger partial charge in [-0.05, 0) is 36.4 Å². The Balaban J connectivity index is 1.75. The van der Waals surface area contributed by atoms with E-state index in [1.165, 1.54) is 0 Å². The molecule has 0 radical (unpaired) electrons. The summed E-state index contributed by atoms with van der Waals surface area (Å²) in [4.78, 5) is 4.05. The quantitative estimate of drug-likeness (QED) is 0.750. The number of benzene rings is 2. The van der Waals surface area contributed by atoms with Crippen molar-refractivity contribution in [3.05, 3.63) is 72.9 Å². The van der Waals surface area contributed by atoms with Crippen molar-refractivity contribution in [2.75, 3.05) is 11.1 Å². The first kappa shape index (κ1) is 13.0. The summed E-state index contributed by atoms with van der Waals surface area (Å²) >= 11 is 0. The van der Waals surface area contributed by atoms with E-state index in [4.69, 9.17) is 10.5 Å². The molecule has 0 aliphatic carbocycles. The van der Waals surface area contributed by atoms with Gasteiger partial charge >= 0.3 is 0 Å². The molecule has 0 aliphatic heterocycles. The molecule has 3 rings (SSSR count). The molecular formula is C17H15N3O. The van der Waals surface area contributed by atoms with Gasteiger partial charge in [-0.25, -0.2) is 4.98 Å². The van der Waals surface area contributed by atoms with Gasteiger partial charge < -0.3 is 15.8 Å². The number of nitrogens with one attached hydrogen (secondary N) is 1. The second-order valence-electron chi connectivity index (χ2n) is 4.54. The molecule has 21 heavy (non-hydrogen) atoms. The van der Waals surface area contributed by atoms with Crippen molar-refractivity contribution in [2.24, 2.45) is 0 Å². The molecule has 0 spiro atoms. The number of hydrogen-bond acceptors (Lipinski definition) is 4. The first-order chi connectivity index (χ1) is 10.3. The first-order valence-corrected chi connectivity index (χ1v) is 6.61. The van der Waals surface area contributed by atoms with Crippen LogP contribution < -0.4 is 15.8 Å². The number of nitrogen functional groups attached to an aromatic ring is 1. The third-order valence-corrected chi connectivity index (χ3v) is 2.89. The van der Waals surface area contributed by atoms with Gasteiger partial charge in [0.2, 0.25) is 0 Å². The fourth-order valence-corrected chi connectivity index (χ4v) is 1.91. The molecule has 3 aromatic rings. The Labute approximate surface area is 123 Å². The number of nitrogens with two attached hydrogens (primary N) is 1. The monoisotopic (exact) mass is 277 g/mol. The number of nitrogens with zero attached hydrogens (tertiary/aromatic N) is 1. The summed E-state index contributed by atoms with van der Waals surface area (Å²) in [6.45, 7) is 0. The summed E-state index contributed by atoms with van der Waals surface area (Å²) in [6, 6.07) is 21.1.